The van der Waals surface area contributed by atoms with Crippen LogP contribution in [0.4, 0.5) is 5.82 Å². The number of hydrogen-bond donors (Lipinski definition) is 1. The molecule has 6 heteroatoms. The highest BCUT2D eigenvalue weighted by Gasteiger charge is 2.29. The van der Waals surface area contributed by atoms with E-state index in [1.807, 2.05) is 30.3 Å². The topological polar surface area (TPSA) is 77.8 Å². The van der Waals surface area contributed by atoms with Crippen LogP contribution >= 0.6 is 0 Å². The largest absolute Gasteiger partial charge is 0.497 e. The second kappa shape index (κ2) is 6.29. The summed E-state index contributed by atoms with van der Waals surface area (Å²) in [6.07, 6.45) is 1.74. The van der Waals surface area contributed by atoms with Gasteiger partial charge in [0.2, 0.25) is 0 Å². The minimum atomic E-state index is 0.109. The molecule has 0 saturated carbocycles. The van der Waals surface area contributed by atoms with Crippen molar-refractivity contribution in [3.05, 3.63) is 71.4 Å². The zero-order valence-electron chi connectivity index (χ0n) is 13.8. The van der Waals surface area contributed by atoms with Crippen molar-refractivity contribution >= 4 is 5.82 Å². The number of rotatable bonds is 3. The maximum absolute atomic E-state index is 9.11. The summed E-state index contributed by atoms with van der Waals surface area (Å²) in [5, 5.41) is 9.11. The molecule has 1 aromatic carbocycles. The number of H-pyrrole nitrogens is 1. The molecule has 3 aromatic rings. The van der Waals surface area contributed by atoms with Crippen LogP contribution in [0.3, 0.4) is 0 Å². The first-order chi connectivity index (χ1) is 12.3. The van der Waals surface area contributed by atoms with Gasteiger partial charge in [0.25, 0.3) is 0 Å². The van der Waals surface area contributed by atoms with Gasteiger partial charge in [-0.3, -0.25) is 0 Å². The molecular weight excluding hydrogens is 314 g/mol. The van der Waals surface area contributed by atoms with E-state index in [1.54, 1.807) is 19.5 Å². The number of pyridine rings is 1. The highest BCUT2D eigenvalue weighted by molar-refractivity contribution is 5.48. The second-order valence-corrected chi connectivity index (χ2v) is 5.97. The molecule has 124 valence electrons. The summed E-state index contributed by atoms with van der Waals surface area (Å²) in [5.74, 6) is 1.74. The van der Waals surface area contributed by atoms with Crippen LogP contribution in [-0.4, -0.2) is 28.6 Å². The number of nitriles is 1. The van der Waals surface area contributed by atoms with Gasteiger partial charge in [-0.2, -0.15) is 5.26 Å². The van der Waals surface area contributed by atoms with Gasteiger partial charge >= 0.3 is 0 Å². The number of benzene rings is 1. The smallest absolute Gasteiger partial charge is 0.142 e. The average Bonchev–Trinajstić information content (AvgIpc) is 3.16. The Hall–Kier alpha value is -3.33. The predicted molar refractivity (Wildman–Crippen MR) is 93.4 cm³/mol. The van der Waals surface area contributed by atoms with Gasteiger partial charge in [-0.25, -0.2) is 9.97 Å². The number of hydrogen-bond acceptors (Lipinski definition) is 5. The number of methoxy groups -OCH3 is 1. The van der Waals surface area contributed by atoms with E-state index in [9.17, 15) is 0 Å². The Bertz CT molecular complexity index is 943. The molecule has 0 bridgehead atoms. The number of aromatic nitrogens is 3. The average molecular weight is 331 g/mol. The van der Waals surface area contributed by atoms with E-state index in [2.05, 4.69) is 32.0 Å². The summed E-state index contributed by atoms with van der Waals surface area (Å²) in [7, 11) is 1.67. The number of fused-ring (bicyclic) bond motifs is 1. The molecule has 6 nitrogen and oxygen atoms in total. The molecule has 0 fully saturated rings. The van der Waals surface area contributed by atoms with Crippen molar-refractivity contribution in [2.24, 2.45) is 0 Å². The van der Waals surface area contributed by atoms with Crippen LogP contribution in [0.25, 0.3) is 0 Å². The molecule has 2 aromatic heterocycles. The van der Waals surface area contributed by atoms with E-state index in [0.29, 0.717) is 12.2 Å². The van der Waals surface area contributed by atoms with Gasteiger partial charge < -0.3 is 14.6 Å². The molecule has 0 amide bonds. The van der Waals surface area contributed by atoms with Gasteiger partial charge in [-0.15, -0.1) is 0 Å². The normalized spacial score (nSPS) is 16.2. The predicted octanol–water partition coefficient (Wildman–Crippen LogP) is 2.84. The van der Waals surface area contributed by atoms with Crippen LogP contribution in [0.5, 0.6) is 5.75 Å². The van der Waals surface area contributed by atoms with Gasteiger partial charge in [-0.1, -0.05) is 18.2 Å². The number of anilines is 1. The first-order valence-electron chi connectivity index (χ1n) is 8.06. The van der Waals surface area contributed by atoms with Crippen molar-refractivity contribution < 1.29 is 4.74 Å². The minimum absolute atomic E-state index is 0.109. The second-order valence-electron chi connectivity index (χ2n) is 5.97. The summed E-state index contributed by atoms with van der Waals surface area (Å²) in [4.78, 5) is 14.4. The number of ether oxygens (including phenoxy) is 1. The van der Waals surface area contributed by atoms with E-state index in [1.165, 1.54) is 0 Å². The third-order valence-corrected chi connectivity index (χ3v) is 4.50. The number of nitrogens with one attached hydrogen (secondary N) is 1. The molecule has 0 aliphatic carbocycles. The van der Waals surface area contributed by atoms with Crippen molar-refractivity contribution in [2.45, 2.75) is 12.5 Å². The quantitative estimate of drug-likeness (QED) is 0.798. The zero-order chi connectivity index (χ0) is 17.2. The van der Waals surface area contributed by atoms with Crippen LogP contribution in [0.2, 0.25) is 0 Å². The lowest BCUT2D eigenvalue weighted by molar-refractivity contribution is 0.414. The summed E-state index contributed by atoms with van der Waals surface area (Å²) < 4.78 is 5.37. The SMILES string of the molecule is COc1cccc(C2CN(c3cccc(C#N)n3)Cc3[nH]cnc32)c1. The molecule has 25 heavy (non-hydrogen) atoms. The van der Waals surface area contributed by atoms with Crippen molar-refractivity contribution in [3.8, 4) is 11.8 Å². The first-order valence-corrected chi connectivity index (χ1v) is 8.06. The van der Waals surface area contributed by atoms with E-state index in [4.69, 9.17) is 10.00 Å². The van der Waals surface area contributed by atoms with E-state index >= 15 is 0 Å². The fourth-order valence-corrected chi connectivity index (χ4v) is 3.28. The summed E-state index contributed by atoms with van der Waals surface area (Å²) in [6.45, 7) is 1.44. The Kier molecular flexibility index (Phi) is 3.82. The number of nitrogens with zero attached hydrogens (tertiary/aromatic N) is 4. The highest BCUT2D eigenvalue weighted by Crippen LogP contribution is 2.34. The van der Waals surface area contributed by atoms with Crippen molar-refractivity contribution in [2.75, 3.05) is 18.6 Å². The molecule has 0 radical (unpaired) electrons. The van der Waals surface area contributed by atoms with Crippen LogP contribution < -0.4 is 9.64 Å². The fraction of sp³-hybridized carbons (Fsp3) is 0.211. The van der Waals surface area contributed by atoms with E-state index < -0.39 is 0 Å². The number of imidazole rings is 1. The third kappa shape index (κ3) is 2.81. The van der Waals surface area contributed by atoms with Gasteiger partial charge in [0.05, 0.1) is 31.4 Å². The van der Waals surface area contributed by atoms with Crippen LogP contribution in [-0.2, 0) is 6.54 Å². The molecule has 1 atom stereocenters. The molecule has 1 N–H and O–H groups in total. The maximum atomic E-state index is 9.11. The van der Waals surface area contributed by atoms with E-state index in [-0.39, 0.29) is 5.92 Å². The Morgan fingerprint density at radius 1 is 1.28 bits per heavy atom. The van der Waals surface area contributed by atoms with Crippen LogP contribution in [0.15, 0.2) is 48.8 Å². The Balaban J connectivity index is 1.73. The number of aromatic amines is 1. The maximum Gasteiger partial charge on any atom is 0.142 e. The molecule has 0 spiro atoms. The lowest BCUT2D eigenvalue weighted by Crippen LogP contribution is -2.34. The Morgan fingerprint density at radius 3 is 3.00 bits per heavy atom. The van der Waals surface area contributed by atoms with Crippen LogP contribution in [0.1, 0.15) is 28.6 Å². The zero-order valence-corrected chi connectivity index (χ0v) is 13.8. The Labute approximate surface area is 145 Å². The lowest BCUT2D eigenvalue weighted by Gasteiger charge is -2.33. The fourth-order valence-electron chi connectivity index (χ4n) is 3.28. The molecule has 4 rings (SSSR count). The van der Waals surface area contributed by atoms with Crippen molar-refractivity contribution in [1.29, 1.82) is 5.26 Å². The van der Waals surface area contributed by atoms with Gasteiger partial charge in [0.1, 0.15) is 23.3 Å². The van der Waals surface area contributed by atoms with Crippen LogP contribution in [0, 0.1) is 11.3 Å². The highest BCUT2D eigenvalue weighted by atomic mass is 16.5. The molecule has 1 aliphatic heterocycles. The van der Waals surface area contributed by atoms with Crippen molar-refractivity contribution in [1.82, 2.24) is 15.0 Å². The Morgan fingerprint density at radius 2 is 2.16 bits per heavy atom. The van der Waals surface area contributed by atoms with Crippen molar-refractivity contribution in [3.63, 3.8) is 0 Å². The van der Waals surface area contributed by atoms with Gasteiger partial charge in [-0.05, 0) is 29.8 Å². The van der Waals surface area contributed by atoms with E-state index in [0.717, 1.165) is 35.1 Å². The first kappa shape index (κ1) is 15.2. The third-order valence-electron chi connectivity index (χ3n) is 4.50. The molecule has 0 saturated heterocycles. The molecular formula is C19H17N5O. The summed E-state index contributed by atoms with van der Waals surface area (Å²) in [6, 6.07) is 15.7. The van der Waals surface area contributed by atoms with Gasteiger partial charge in [0, 0.05) is 12.5 Å². The molecule has 1 aliphatic rings. The van der Waals surface area contributed by atoms with Gasteiger partial charge in [0.15, 0.2) is 0 Å². The summed E-state index contributed by atoms with van der Waals surface area (Å²) in [5.41, 5.74) is 3.70. The molecule has 3 heterocycles. The standard InChI is InChI=1S/C19H17N5O/c1-25-15-6-2-4-13(8-15)16-10-24(11-17-19(16)22-12-21-17)18-7-3-5-14(9-20)23-18/h2-8,12,16H,10-11H2,1H3,(H,21,22). The summed E-state index contributed by atoms with van der Waals surface area (Å²) >= 11 is 0. The lowest BCUT2D eigenvalue weighted by atomic mass is 9.90. The molecule has 1 unspecified atom stereocenters. The monoisotopic (exact) mass is 331 g/mol. The minimum Gasteiger partial charge on any atom is -0.497 e.